The third-order valence-corrected chi connectivity index (χ3v) is 3.20. The zero-order valence-electron chi connectivity index (χ0n) is 10.2. The first kappa shape index (κ1) is 12.9. The van der Waals surface area contributed by atoms with Gasteiger partial charge in [0.25, 0.3) is 0 Å². The lowest BCUT2D eigenvalue weighted by Crippen LogP contribution is -2.37. The molecule has 18 heavy (non-hydrogen) atoms. The van der Waals surface area contributed by atoms with Crippen molar-refractivity contribution in [2.24, 2.45) is 5.73 Å². The maximum absolute atomic E-state index is 11.2. The van der Waals surface area contributed by atoms with Crippen molar-refractivity contribution in [3.8, 4) is 0 Å². The monoisotopic (exact) mass is 250 g/mol. The number of hydrogen-bond donors (Lipinski definition) is 2. The van der Waals surface area contributed by atoms with Crippen LogP contribution >= 0.6 is 0 Å². The Bertz CT molecular complexity index is 416. The maximum Gasteiger partial charge on any atom is 0.312 e. The van der Waals surface area contributed by atoms with Gasteiger partial charge in [0.15, 0.2) is 0 Å². The fourth-order valence-electron chi connectivity index (χ4n) is 2.24. The van der Waals surface area contributed by atoms with Crippen LogP contribution in [-0.2, 0) is 9.53 Å². The molecule has 0 aliphatic carbocycles. The summed E-state index contributed by atoms with van der Waals surface area (Å²) in [5.74, 6) is -1.53. The van der Waals surface area contributed by atoms with Gasteiger partial charge in [0.05, 0.1) is 19.1 Å². The Morgan fingerprint density at radius 1 is 1.39 bits per heavy atom. The van der Waals surface area contributed by atoms with Crippen LogP contribution in [0.4, 0.5) is 5.69 Å². The van der Waals surface area contributed by atoms with E-state index in [1.807, 2.05) is 24.3 Å². The van der Waals surface area contributed by atoms with Crippen molar-refractivity contribution < 1.29 is 14.6 Å². The van der Waals surface area contributed by atoms with Crippen LogP contribution < -0.4 is 10.6 Å². The molecule has 0 amide bonds. The van der Waals surface area contributed by atoms with E-state index in [1.165, 1.54) is 0 Å². The summed E-state index contributed by atoms with van der Waals surface area (Å²) in [7, 11) is 0. The summed E-state index contributed by atoms with van der Waals surface area (Å²) in [4.78, 5) is 13.4. The van der Waals surface area contributed by atoms with Gasteiger partial charge in [0.2, 0.25) is 0 Å². The molecule has 0 spiro atoms. The molecule has 0 saturated carbocycles. The number of carbonyl (C=O) groups is 1. The number of aliphatic carboxylic acids is 1. The van der Waals surface area contributed by atoms with Crippen LogP contribution in [0.3, 0.4) is 0 Å². The van der Waals surface area contributed by atoms with Gasteiger partial charge in [0, 0.05) is 25.3 Å². The van der Waals surface area contributed by atoms with Crippen molar-refractivity contribution in [3.05, 3.63) is 29.8 Å². The number of nitrogens with zero attached hydrogens (tertiary/aromatic N) is 1. The fourth-order valence-corrected chi connectivity index (χ4v) is 2.24. The van der Waals surface area contributed by atoms with E-state index >= 15 is 0 Å². The average molecular weight is 250 g/mol. The summed E-state index contributed by atoms with van der Waals surface area (Å²) in [6.07, 6.45) is 0. The first-order valence-electron chi connectivity index (χ1n) is 6.08. The second-order valence-electron chi connectivity index (χ2n) is 4.28. The number of anilines is 1. The lowest BCUT2D eigenvalue weighted by molar-refractivity contribution is -0.138. The highest BCUT2D eigenvalue weighted by atomic mass is 16.5. The van der Waals surface area contributed by atoms with Gasteiger partial charge in [0.1, 0.15) is 0 Å². The normalized spacial score (nSPS) is 17.5. The zero-order chi connectivity index (χ0) is 13.0. The molecule has 1 aromatic carbocycles. The van der Waals surface area contributed by atoms with Crippen molar-refractivity contribution in [2.45, 2.75) is 5.92 Å². The standard InChI is InChI=1S/C13H18N2O3/c14-9-11(13(16)17)10-3-1-2-4-12(10)15-5-7-18-8-6-15/h1-4,11H,5-9,14H2,(H,16,17). The number of morpholine rings is 1. The number of carboxylic acids is 1. The molecule has 1 unspecified atom stereocenters. The van der Waals surface area contributed by atoms with E-state index in [0.29, 0.717) is 13.2 Å². The number of nitrogens with two attached hydrogens (primary N) is 1. The Balaban J connectivity index is 2.31. The van der Waals surface area contributed by atoms with Gasteiger partial charge < -0.3 is 20.5 Å². The van der Waals surface area contributed by atoms with Crippen LogP contribution in [0.5, 0.6) is 0 Å². The van der Waals surface area contributed by atoms with Crippen molar-refractivity contribution in [2.75, 3.05) is 37.7 Å². The van der Waals surface area contributed by atoms with Gasteiger partial charge in [-0.15, -0.1) is 0 Å². The van der Waals surface area contributed by atoms with Crippen LogP contribution in [0.25, 0.3) is 0 Å². The molecule has 1 fully saturated rings. The van der Waals surface area contributed by atoms with Crippen LogP contribution in [0.2, 0.25) is 0 Å². The molecule has 98 valence electrons. The maximum atomic E-state index is 11.2. The quantitative estimate of drug-likeness (QED) is 0.820. The largest absolute Gasteiger partial charge is 0.481 e. The number of ether oxygens (including phenoxy) is 1. The van der Waals surface area contributed by atoms with Crippen molar-refractivity contribution in [1.29, 1.82) is 0 Å². The summed E-state index contributed by atoms with van der Waals surface area (Å²) in [5, 5.41) is 9.23. The smallest absolute Gasteiger partial charge is 0.312 e. The molecule has 0 radical (unpaired) electrons. The predicted octanol–water partition coefficient (Wildman–Crippen LogP) is 0.650. The highest BCUT2D eigenvalue weighted by Crippen LogP contribution is 2.28. The topological polar surface area (TPSA) is 75.8 Å². The van der Waals surface area contributed by atoms with Gasteiger partial charge >= 0.3 is 5.97 Å². The number of carboxylic acid groups (broad SMARTS) is 1. The van der Waals surface area contributed by atoms with Crippen molar-refractivity contribution in [1.82, 2.24) is 0 Å². The Hall–Kier alpha value is -1.59. The molecular formula is C13H18N2O3. The van der Waals surface area contributed by atoms with Crippen LogP contribution in [0.15, 0.2) is 24.3 Å². The van der Waals surface area contributed by atoms with Crippen LogP contribution in [0.1, 0.15) is 11.5 Å². The molecular weight excluding hydrogens is 232 g/mol. The highest BCUT2D eigenvalue weighted by Gasteiger charge is 2.23. The van der Waals surface area contributed by atoms with Gasteiger partial charge in [-0.05, 0) is 11.6 Å². The molecule has 5 heteroatoms. The van der Waals surface area contributed by atoms with Gasteiger partial charge in [-0.3, -0.25) is 4.79 Å². The number of hydrogen-bond acceptors (Lipinski definition) is 4. The SMILES string of the molecule is NCC(C(=O)O)c1ccccc1N1CCOCC1. The third-order valence-electron chi connectivity index (χ3n) is 3.20. The molecule has 2 rings (SSSR count). The molecule has 1 aliphatic heterocycles. The second kappa shape index (κ2) is 5.84. The summed E-state index contributed by atoms with van der Waals surface area (Å²) in [6.45, 7) is 3.03. The summed E-state index contributed by atoms with van der Waals surface area (Å²) >= 11 is 0. The molecule has 0 bridgehead atoms. The van der Waals surface area contributed by atoms with E-state index < -0.39 is 11.9 Å². The number of rotatable bonds is 4. The first-order chi connectivity index (χ1) is 8.74. The molecule has 1 aromatic rings. The molecule has 1 saturated heterocycles. The van der Waals surface area contributed by atoms with Gasteiger partial charge in [-0.2, -0.15) is 0 Å². The fraction of sp³-hybridized carbons (Fsp3) is 0.462. The Morgan fingerprint density at radius 3 is 2.67 bits per heavy atom. The number of para-hydroxylation sites is 1. The van der Waals surface area contributed by atoms with Crippen molar-refractivity contribution >= 4 is 11.7 Å². The predicted molar refractivity (Wildman–Crippen MR) is 68.9 cm³/mol. The van der Waals surface area contributed by atoms with E-state index in [-0.39, 0.29) is 6.54 Å². The van der Waals surface area contributed by atoms with E-state index in [4.69, 9.17) is 10.5 Å². The second-order valence-corrected chi connectivity index (χ2v) is 4.28. The van der Waals surface area contributed by atoms with Crippen molar-refractivity contribution in [3.63, 3.8) is 0 Å². The van der Waals surface area contributed by atoms with Gasteiger partial charge in [-0.25, -0.2) is 0 Å². The Kier molecular flexibility index (Phi) is 4.17. The lowest BCUT2D eigenvalue weighted by Gasteiger charge is -2.31. The average Bonchev–Trinajstić information content (AvgIpc) is 2.41. The summed E-state index contributed by atoms with van der Waals surface area (Å²) < 4.78 is 5.31. The van der Waals surface area contributed by atoms with E-state index in [1.54, 1.807) is 0 Å². The van der Waals surface area contributed by atoms with E-state index in [9.17, 15) is 9.90 Å². The highest BCUT2D eigenvalue weighted by molar-refractivity contribution is 5.79. The molecule has 5 nitrogen and oxygen atoms in total. The molecule has 0 aromatic heterocycles. The number of benzene rings is 1. The third kappa shape index (κ3) is 2.63. The minimum atomic E-state index is -0.877. The van der Waals surface area contributed by atoms with E-state index in [0.717, 1.165) is 24.3 Å². The Labute approximate surface area is 106 Å². The summed E-state index contributed by atoms with van der Waals surface area (Å²) in [5.41, 5.74) is 7.32. The molecule has 1 atom stereocenters. The summed E-state index contributed by atoms with van der Waals surface area (Å²) in [6, 6.07) is 7.57. The molecule has 3 N–H and O–H groups in total. The van der Waals surface area contributed by atoms with E-state index in [2.05, 4.69) is 4.90 Å². The molecule has 1 aliphatic rings. The molecule has 1 heterocycles. The van der Waals surface area contributed by atoms with Crippen LogP contribution in [-0.4, -0.2) is 43.9 Å². The lowest BCUT2D eigenvalue weighted by atomic mass is 9.96. The Morgan fingerprint density at radius 2 is 2.06 bits per heavy atom. The first-order valence-corrected chi connectivity index (χ1v) is 6.08. The zero-order valence-corrected chi connectivity index (χ0v) is 10.2. The minimum absolute atomic E-state index is 0.108. The van der Waals surface area contributed by atoms with Crippen LogP contribution in [0, 0.1) is 0 Å². The van der Waals surface area contributed by atoms with Gasteiger partial charge in [-0.1, -0.05) is 18.2 Å². The minimum Gasteiger partial charge on any atom is -0.481 e.